The predicted molar refractivity (Wildman–Crippen MR) is 76.2 cm³/mol. The minimum Gasteiger partial charge on any atom is -0.211 e. The van der Waals surface area contributed by atoms with Crippen molar-refractivity contribution in [2.75, 3.05) is 6.54 Å². The van der Waals surface area contributed by atoms with Crippen molar-refractivity contribution in [3.63, 3.8) is 0 Å². The molecule has 7 heteroatoms. The predicted octanol–water partition coefficient (Wildman–Crippen LogP) is 3.20. The van der Waals surface area contributed by atoms with Crippen molar-refractivity contribution in [2.24, 2.45) is 5.92 Å². The molecule has 20 heavy (non-hydrogen) atoms. The molecular weight excluding hydrogens is 352 g/mol. The number of nitrogens with one attached hydrogen (secondary N) is 1. The smallest absolute Gasteiger partial charge is 0.211 e. The van der Waals surface area contributed by atoms with Gasteiger partial charge in [0.05, 0.1) is 0 Å². The van der Waals surface area contributed by atoms with Crippen LogP contribution in [-0.4, -0.2) is 19.8 Å². The Bertz CT molecular complexity index is 572. The Hall–Kier alpha value is -0.530. The molecule has 3 nitrogen and oxygen atoms in total. The van der Waals surface area contributed by atoms with Crippen molar-refractivity contribution in [1.82, 2.24) is 4.72 Å². The molecule has 1 fully saturated rings. The van der Waals surface area contributed by atoms with Gasteiger partial charge in [-0.2, -0.15) is 0 Å². The van der Waals surface area contributed by atoms with Gasteiger partial charge in [-0.05, 0) is 43.7 Å². The lowest BCUT2D eigenvalue weighted by Gasteiger charge is -2.25. The molecule has 0 amide bonds. The van der Waals surface area contributed by atoms with Gasteiger partial charge in [0.1, 0.15) is 16.5 Å². The van der Waals surface area contributed by atoms with Crippen LogP contribution in [0.4, 0.5) is 8.78 Å². The molecule has 1 saturated carbocycles. The second-order valence-corrected chi connectivity index (χ2v) is 8.07. The second-order valence-electron chi connectivity index (χ2n) is 5.04. The summed E-state index contributed by atoms with van der Waals surface area (Å²) < 4.78 is 52.7. The standard InChI is InChI=1S/C13H16BrF2NO2S/c14-10-3-1-9(2-4-10)8-17-20(18,19)13-6-5-11(15)7-12(13)16/h5-7,9-10,17H,1-4,8H2. The maximum Gasteiger partial charge on any atom is 0.243 e. The summed E-state index contributed by atoms with van der Waals surface area (Å²) >= 11 is 3.54. The van der Waals surface area contributed by atoms with Gasteiger partial charge in [0.2, 0.25) is 10.0 Å². The van der Waals surface area contributed by atoms with E-state index in [1.807, 2.05) is 0 Å². The van der Waals surface area contributed by atoms with Gasteiger partial charge in [-0.3, -0.25) is 0 Å². The third-order valence-electron chi connectivity index (χ3n) is 3.52. The summed E-state index contributed by atoms with van der Waals surface area (Å²) in [7, 11) is -3.92. The summed E-state index contributed by atoms with van der Waals surface area (Å²) in [5.74, 6) is -1.60. The van der Waals surface area contributed by atoms with E-state index in [0.29, 0.717) is 17.4 Å². The Balaban J connectivity index is 2.00. The molecule has 1 aliphatic carbocycles. The fourth-order valence-corrected chi connectivity index (χ4v) is 4.03. The van der Waals surface area contributed by atoms with Crippen LogP contribution in [-0.2, 0) is 10.0 Å². The number of halogens is 3. The van der Waals surface area contributed by atoms with Gasteiger partial charge < -0.3 is 0 Å². The zero-order valence-corrected chi connectivity index (χ0v) is 13.2. The third-order valence-corrected chi connectivity index (χ3v) is 5.89. The average molecular weight is 368 g/mol. The molecule has 0 aromatic heterocycles. The van der Waals surface area contributed by atoms with Gasteiger partial charge in [0, 0.05) is 17.4 Å². The number of alkyl halides is 1. The van der Waals surface area contributed by atoms with E-state index >= 15 is 0 Å². The molecule has 112 valence electrons. The zero-order chi connectivity index (χ0) is 14.8. The summed E-state index contributed by atoms with van der Waals surface area (Å²) in [6.45, 7) is 0.291. The van der Waals surface area contributed by atoms with Crippen LogP contribution in [0.5, 0.6) is 0 Å². The Morgan fingerprint density at radius 1 is 1.20 bits per heavy atom. The van der Waals surface area contributed by atoms with Gasteiger partial charge >= 0.3 is 0 Å². The maximum absolute atomic E-state index is 13.5. The molecular formula is C13H16BrF2NO2S. The van der Waals surface area contributed by atoms with Gasteiger partial charge in [0.25, 0.3) is 0 Å². The van der Waals surface area contributed by atoms with Gasteiger partial charge in [-0.15, -0.1) is 0 Å². The van der Waals surface area contributed by atoms with Crippen LogP contribution < -0.4 is 4.72 Å². The highest BCUT2D eigenvalue weighted by Gasteiger charge is 2.23. The molecule has 0 bridgehead atoms. The zero-order valence-electron chi connectivity index (χ0n) is 10.8. The van der Waals surface area contributed by atoms with Crippen LogP contribution in [0.25, 0.3) is 0 Å². The first-order chi connectivity index (χ1) is 9.38. The lowest BCUT2D eigenvalue weighted by Crippen LogP contribution is -2.32. The normalized spacial score (nSPS) is 23.8. The fourth-order valence-electron chi connectivity index (χ4n) is 2.32. The summed E-state index contributed by atoms with van der Waals surface area (Å²) in [4.78, 5) is -0.00187. The van der Waals surface area contributed by atoms with E-state index in [2.05, 4.69) is 20.7 Å². The number of sulfonamides is 1. The Morgan fingerprint density at radius 2 is 1.85 bits per heavy atom. The summed E-state index contributed by atoms with van der Waals surface area (Å²) in [6, 6.07) is 2.46. The van der Waals surface area contributed by atoms with Gasteiger partial charge in [0.15, 0.2) is 0 Å². The van der Waals surface area contributed by atoms with Crippen molar-refractivity contribution >= 4 is 26.0 Å². The molecule has 2 rings (SSSR count). The molecule has 1 aliphatic rings. The quantitative estimate of drug-likeness (QED) is 0.830. The van der Waals surface area contributed by atoms with Crippen LogP contribution in [0.2, 0.25) is 0 Å². The van der Waals surface area contributed by atoms with E-state index in [4.69, 9.17) is 0 Å². The monoisotopic (exact) mass is 367 g/mol. The number of hydrogen-bond donors (Lipinski definition) is 1. The van der Waals surface area contributed by atoms with Crippen molar-refractivity contribution in [3.8, 4) is 0 Å². The van der Waals surface area contributed by atoms with Crippen molar-refractivity contribution in [1.29, 1.82) is 0 Å². The molecule has 0 unspecified atom stereocenters. The molecule has 0 atom stereocenters. The third kappa shape index (κ3) is 3.99. The van der Waals surface area contributed by atoms with Crippen LogP contribution in [0.1, 0.15) is 25.7 Å². The van der Waals surface area contributed by atoms with Crippen LogP contribution >= 0.6 is 15.9 Å². The minimum atomic E-state index is -3.92. The first-order valence-electron chi connectivity index (χ1n) is 6.47. The van der Waals surface area contributed by atoms with E-state index in [-0.39, 0.29) is 5.92 Å². The van der Waals surface area contributed by atoms with Crippen molar-refractivity contribution in [2.45, 2.75) is 35.4 Å². The topological polar surface area (TPSA) is 46.2 Å². The highest BCUT2D eigenvalue weighted by molar-refractivity contribution is 9.09. The average Bonchev–Trinajstić information content (AvgIpc) is 2.37. The molecule has 1 aromatic rings. The molecule has 0 radical (unpaired) electrons. The van der Waals surface area contributed by atoms with E-state index in [1.165, 1.54) is 0 Å². The van der Waals surface area contributed by atoms with Crippen molar-refractivity contribution in [3.05, 3.63) is 29.8 Å². The summed E-state index contributed by atoms with van der Waals surface area (Å²) in [5, 5.41) is 0. The maximum atomic E-state index is 13.5. The lowest BCUT2D eigenvalue weighted by molar-refractivity contribution is 0.366. The van der Waals surface area contributed by atoms with E-state index < -0.39 is 26.6 Å². The van der Waals surface area contributed by atoms with Crippen LogP contribution in [0.3, 0.4) is 0 Å². The van der Waals surface area contributed by atoms with E-state index in [1.54, 1.807) is 0 Å². The Morgan fingerprint density at radius 3 is 2.45 bits per heavy atom. The van der Waals surface area contributed by atoms with Gasteiger partial charge in [-0.1, -0.05) is 15.9 Å². The number of benzene rings is 1. The first-order valence-corrected chi connectivity index (χ1v) is 8.87. The molecule has 1 aromatic carbocycles. The summed E-state index contributed by atoms with van der Waals surface area (Å²) in [5.41, 5.74) is 0. The lowest BCUT2D eigenvalue weighted by atomic mass is 9.89. The van der Waals surface area contributed by atoms with E-state index in [0.717, 1.165) is 37.8 Å². The summed E-state index contributed by atoms with van der Waals surface area (Å²) in [6.07, 6.45) is 3.89. The second kappa shape index (κ2) is 6.49. The molecule has 0 aliphatic heterocycles. The highest BCUT2D eigenvalue weighted by Crippen LogP contribution is 2.28. The number of hydrogen-bond acceptors (Lipinski definition) is 2. The van der Waals surface area contributed by atoms with Crippen LogP contribution in [0, 0.1) is 17.6 Å². The number of rotatable bonds is 4. The van der Waals surface area contributed by atoms with Gasteiger partial charge in [-0.25, -0.2) is 21.9 Å². The fraction of sp³-hybridized carbons (Fsp3) is 0.538. The van der Waals surface area contributed by atoms with E-state index in [9.17, 15) is 17.2 Å². The highest BCUT2D eigenvalue weighted by atomic mass is 79.9. The molecule has 0 saturated heterocycles. The molecule has 0 heterocycles. The SMILES string of the molecule is O=S(=O)(NCC1CCC(Br)CC1)c1ccc(F)cc1F. The minimum absolute atomic E-state index is 0.266. The van der Waals surface area contributed by atoms with Crippen LogP contribution in [0.15, 0.2) is 23.1 Å². The first kappa shape index (κ1) is 15.9. The van der Waals surface area contributed by atoms with Crippen molar-refractivity contribution < 1.29 is 17.2 Å². The Labute approximate surface area is 125 Å². The molecule has 1 N–H and O–H groups in total. The Kier molecular flexibility index (Phi) is 5.14. The largest absolute Gasteiger partial charge is 0.243 e. The molecule has 0 spiro atoms.